The summed E-state index contributed by atoms with van der Waals surface area (Å²) in [6, 6.07) is 0. The van der Waals surface area contributed by atoms with E-state index in [0.717, 1.165) is 26.3 Å². The summed E-state index contributed by atoms with van der Waals surface area (Å²) in [5, 5.41) is 1.91. The topological polar surface area (TPSA) is 55.0 Å². The van der Waals surface area contributed by atoms with Crippen molar-refractivity contribution in [3.63, 3.8) is 0 Å². The van der Waals surface area contributed by atoms with Crippen molar-refractivity contribution in [1.29, 1.82) is 0 Å². The second-order valence-electron chi connectivity index (χ2n) is 4.34. The predicted octanol–water partition coefficient (Wildman–Crippen LogP) is -3.83. The standard InChI is InChI=1S/C10H21N4O3.ClH/c1-14(4-6-17-7-5-14)13-11-9(15-2)8-10(12-13)16-3;/h8-9,11-12H,4-7H2,1-3H3;1H/q+1;/p-1. The molecular formula is C10H21ClN4O3. The van der Waals surface area contributed by atoms with Gasteiger partial charge in [0.25, 0.3) is 0 Å². The smallest absolute Gasteiger partial charge is 0.206 e. The zero-order valence-corrected chi connectivity index (χ0v) is 11.7. The lowest BCUT2D eigenvalue weighted by atomic mass is 10.4. The Balaban J connectivity index is 0.00000162. The van der Waals surface area contributed by atoms with E-state index in [1.54, 1.807) is 14.2 Å². The van der Waals surface area contributed by atoms with Crippen LogP contribution in [0.15, 0.2) is 12.0 Å². The molecule has 0 aliphatic carbocycles. The molecule has 2 aliphatic rings. The van der Waals surface area contributed by atoms with Crippen LogP contribution in [0.3, 0.4) is 0 Å². The summed E-state index contributed by atoms with van der Waals surface area (Å²) >= 11 is 0. The van der Waals surface area contributed by atoms with Crippen LogP contribution in [0, 0.1) is 0 Å². The van der Waals surface area contributed by atoms with Crippen molar-refractivity contribution in [2.45, 2.75) is 6.23 Å². The molecule has 2 aliphatic heterocycles. The number of morpholine rings is 1. The van der Waals surface area contributed by atoms with Gasteiger partial charge in [0.05, 0.1) is 27.4 Å². The van der Waals surface area contributed by atoms with E-state index in [9.17, 15) is 0 Å². The van der Waals surface area contributed by atoms with Gasteiger partial charge in [-0.3, -0.25) is 0 Å². The Morgan fingerprint density at radius 3 is 2.61 bits per heavy atom. The molecule has 7 nitrogen and oxygen atoms in total. The van der Waals surface area contributed by atoms with E-state index in [4.69, 9.17) is 14.2 Å². The summed E-state index contributed by atoms with van der Waals surface area (Å²) in [7, 11) is 5.42. The zero-order chi connectivity index (χ0) is 12.3. The molecule has 0 saturated carbocycles. The van der Waals surface area contributed by atoms with Gasteiger partial charge in [-0.15, -0.1) is 0 Å². The largest absolute Gasteiger partial charge is 1.00 e. The predicted molar refractivity (Wildman–Crippen MR) is 60.7 cm³/mol. The molecule has 0 aromatic heterocycles. The highest BCUT2D eigenvalue weighted by atomic mass is 35.5. The highest BCUT2D eigenvalue weighted by molar-refractivity contribution is 4.96. The first-order valence-corrected chi connectivity index (χ1v) is 5.72. The van der Waals surface area contributed by atoms with Crippen molar-refractivity contribution in [3.05, 3.63) is 12.0 Å². The van der Waals surface area contributed by atoms with Crippen LogP contribution in [0.4, 0.5) is 0 Å². The van der Waals surface area contributed by atoms with Gasteiger partial charge in [0.15, 0.2) is 6.23 Å². The van der Waals surface area contributed by atoms with Crippen LogP contribution >= 0.6 is 0 Å². The minimum Gasteiger partial charge on any atom is -1.00 e. The fraction of sp³-hybridized carbons (Fsp3) is 0.800. The third kappa shape index (κ3) is 3.25. The fourth-order valence-corrected chi connectivity index (χ4v) is 1.90. The van der Waals surface area contributed by atoms with Crippen LogP contribution in [0.25, 0.3) is 0 Å². The van der Waals surface area contributed by atoms with Gasteiger partial charge in [-0.05, 0) is 0 Å². The van der Waals surface area contributed by atoms with E-state index in [0.29, 0.717) is 10.5 Å². The molecule has 2 N–H and O–H groups in total. The first-order chi connectivity index (χ1) is 8.18. The van der Waals surface area contributed by atoms with Crippen LogP contribution in [0.2, 0.25) is 0 Å². The van der Waals surface area contributed by atoms with Crippen molar-refractivity contribution in [2.24, 2.45) is 0 Å². The van der Waals surface area contributed by atoms with Gasteiger partial charge in [-0.2, -0.15) is 5.43 Å². The van der Waals surface area contributed by atoms with Crippen molar-refractivity contribution < 1.29 is 31.2 Å². The lowest BCUT2D eigenvalue weighted by Gasteiger charge is -2.46. The van der Waals surface area contributed by atoms with E-state index < -0.39 is 0 Å². The summed E-state index contributed by atoms with van der Waals surface area (Å²) in [6.07, 6.45) is 1.66. The number of ether oxygens (including phenoxy) is 3. The second-order valence-corrected chi connectivity index (χ2v) is 4.34. The number of hydrogen-bond acceptors (Lipinski definition) is 6. The van der Waals surface area contributed by atoms with Crippen LogP contribution < -0.4 is 23.3 Å². The van der Waals surface area contributed by atoms with E-state index in [-0.39, 0.29) is 18.6 Å². The second kappa shape index (κ2) is 6.55. The quantitative estimate of drug-likeness (QED) is 0.517. The van der Waals surface area contributed by atoms with Crippen LogP contribution in [0.1, 0.15) is 0 Å². The third-order valence-electron chi connectivity index (χ3n) is 3.16. The van der Waals surface area contributed by atoms with Gasteiger partial charge >= 0.3 is 0 Å². The molecular weight excluding hydrogens is 260 g/mol. The number of hydrogen-bond donors (Lipinski definition) is 2. The van der Waals surface area contributed by atoms with Crippen LogP contribution in [0.5, 0.6) is 0 Å². The van der Waals surface area contributed by atoms with Crippen molar-refractivity contribution in [2.75, 3.05) is 47.6 Å². The lowest BCUT2D eigenvalue weighted by molar-refractivity contribution is -1.04. The number of rotatable bonds is 3. The van der Waals surface area contributed by atoms with Gasteiger partial charge in [-0.1, -0.05) is 0 Å². The molecule has 1 fully saturated rings. The van der Waals surface area contributed by atoms with Gasteiger partial charge in [-0.25, -0.2) is 10.0 Å². The Kier molecular flexibility index (Phi) is 5.64. The Morgan fingerprint density at radius 2 is 2.06 bits per heavy atom. The average Bonchev–Trinajstić information content (AvgIpc) is 2.39. The number of nitrogens with zero attached hydrogens (tertiary/aromatic N) is 2. The van der Waals surface area contributed by atoms with Crippen LogP contribution in [-0.4, -0.2) is 63.6 Å². The van der Waals surface area contributed by atoms with Crippen molar-refractivity contribution in [3.8, 4) is 0 Å². The highest BCUT2D eigenvalue weighted by Crippen LogP contribution is 2.14. The maximum Gasteiger partial charge on any atom is 0.206 e. The Morgan fingerprint density at radius 1 is 1.39 bits per heavy atom. The van der Waals surface area contributed by atoms with E-state index >= 15 is 0 Å². The number of nitrogens with one attached hydrogen (secondary N) is 2. The number of hydrazine groups is 2. The first kappa shape index (κ1) is 15.5. The third-order valence-corrected chi connectivity index (χ3v) is 3.16. The summed E-state index contributed by atoms with van der Waals surface area (Å²) in [6.45, 7) is 3.29. The summed E-state index contributed by atoms with van der Waals surface area (Å²) in [5.41, 5.74) is 6.41. The summed E-state index contributed by atoms with van der Waals surface area (Å²) in [4.78, 5) is 0. The molecule has 1 unspecified atom stereocenters. The molecule has 0 spiro atoms. The molecule has 0 aromatic carbocycles. The molecule has 1 atom stereocenters. The maximum atomic E-state index is 5.39. The zero-order valence-electron chi connectivity index (χ0n) is 11.0. The average molecular weight is 281 g/mol. The number of methoxy groups -OCH3 is 2. The minimum absolute atomic E-state index is 0. The normalized spacial score (nSPS) is 27.7. The molecule has 0 radical (unpaired) electrons. The van der Waals surface area contributed by atoms with Crippen LogP contribution in [-0.2, 0) is 14.2 Å². The molecule has 2 rings (SSSR count). The molecule has 8 heteroatoms. The number of quaternary nitrogens is 1. The number of halogens is 1. The molecule has 1 saturated heterocycles. The van der Waals surface area contributed by atoms with Crippen molar-refractivity contribution in [1.82, 2.24) is 16.1 Å². The van der Waals surface area contributed by atoms with E-state index in [1.165, 1.54) is 0 Å². The van der Waals surface area contributed by atoms with E-state index in [1.807, 2.05) is 11.3 Å². The molecule has 0 bridgehead atoms. The van der Waals surface area contributed by atoms with E-state index in [2.05, 4.69) is 17.9 Å². The Labute approximate surface area is 114 Å². The van der Waals surface area contributed by atoms with Gasteiger partial charge < -0.3 is 26.6 Å². The molecule has 0 aromatic rings. The molecule has 18 heavy (non-hydrogen) atoms. The SMILES string of the molecule is COC1=CC(OC)NN([N+]2(C)CCOCC2)N1.[Cl-]. The van der Waals surface area contributed by atoms with Gasteiger partial charge in [0.1, 0.15) is 13.1 Å². The highest BCUT2D eigenvalue weighted by Gasteiger charge is 2.37. The fourth-order valence-electron chi connectivity index (χ4n) is 1.90. The van der Waals surface area contributed by atoms with Crippen molar-refractivity contribution >= 4 is 0 Å². The molecule has 106 valence electrons. The minimum atomic E-state index is -0.191. The summed E-state index contributed by atoms with van der Waals surface area (Å²) in [5.74, 6) is 0.682. The monoisotopic (exact) mass is 280 g/mol. The molecule has 0 amide bonds. The number of likely N-dealkylation sites (N-methyl/N-ethyl adjacent to an activating group) is 1. The van der Waals surface area contributed by atoms with Gasteiger partial charge in [0, 0.05) is 18.4 Å². The lowest BCUT2D eigenvalue weighted by Crippen LogP contribution is -3.00. The first-order valence-electron chi connectivity index (χ1n) is 5.72. The maximum absolute atomic E-state index is 5.39. The Bertz CT molecular complexity index is 297. The summed E-state index contributed by atoms with van der Waals surface area (Å²) < 4.78 is 16.6. The Hall–Kier alpha value is -0.570. The molecule has 2 heterocycles. The van der Waals surface area contributed by atoms with Gasteiger partial charge in [0.2, 0.25) is 5.88 Å².